The first-order valence-corrected chi connectivity index (χ1v) is 8.46. The van der Waals surface area contributed by atoms with E-state index in [1.54, 1.807) is 43.6 Å². The highest BCUT2D eigenvalue weighted by Crippen LogP contribution is 2.45. The van der Waals surface area contributed by atoms with Crippen LogP contribution in [0.1, 0.15) is 22.6 Å². The Kier molecular flexibility index (Phi) is 4.26. The average Bonchev–Trinajstić information content (AvgIpc) is 3.20. The number of nitrogens with zero attached hydrogens (tertiary/aromatic N) is 3. The predicted molar refractivity (Wildman–Crippen MR) is 103 cm³/mol. The molecule has 8 nitrogen and oxygen atoms in total. The number of hydrogen-bond acceptors (Lipinski definition) is 6. The molecule has 2 heterocycles. The molecule has 2 aromatic carbocycles. The monoisotopic (exact) mass is 373 g/mol. The number of ether oxygens (including phenoxy) is 1. The SMILES string of the molecule is COc1ccc(C2=C(C#N)C(c3ccccc3[N+](=O)[O-])c3cn[nH]c3N2)cc1. The predicted octanol–water partition coefficient (Wildman–Crippen LogP) is 3.82. The van der Waals surface area contributed by atoms with Gasteiger partial charge in [-0.2, -0.15) is 10.4 Å². The number of para-hydroxylation sites is 1. The van der Waals surface area contributed by atoms with Gasteiger partial charge >= 0.3 is 0 Å². The normalized spacial score (nSPS) is 15.4. The largest absolute Gasteiger partial charge is 0.497 e. The highest BCUT2D eigenvalue weighted by molar-refractivity contribution is 5.87. The van der Waals surface area contributed by atoms with Crippen LogP contribution in [0.2, 0.25) is 0 Å². The minimum absolute atomic E-state index is 0.0385. The molecule has 138 valence electrons. The lowest BCUT2D eigenvalue weighted by Crippen LogP contribution is -2.18. The van der Waals surface area contributed by atoms with E-state index in [1.165, 1.54) is 6.07 Å². The Morgan fingerprint density at radius 2 is 1.93 bits per heavy atom. The average molecular weight is 373 g/mol. The summed E-state index contributed by atoms with van der Waals surface area (Å²) < 4.78 is 5.19. The summed E-state index contributed by atoms with van der Waals surface area (Å²) in [4.78, 5) is 11.2. The lowest BCUT2D eigenvalue weighted by Gasteiger charge is -2.26. The summed E-state index contributed by atoms with van der Waals surface area (Å²) in [5.41, 5.74) is 2.81. The van der Waals surface area contributed by atoms with E-state index in [1.807, 2.05) is 12.1 Å². The molecule has 1 aliphatic heterocycles. The highest BCUT2D eigenvalue weighted by Gasteiger charge is 2.35. The van der Waals surface area contributed by atoms with E-state index in [2.05, 4.69) is 21.6 Å². The smallest absolute Gasteiger partial charge is 0.273 e. The number of nitro benzene ring substituents is 1. The third kappa shape index (κ3) is 2.75. The molecule has 0 saturated heterocycles. The second kappa shape index (κ2) is 6.89. The molecule has 1 atom stereocenters. The van der Waals surface area contributed by atoms with E-state index in [4.69, 9.17) is 4.74 Å². The lowest BCUT2D eigenvalue weighted by molar-refractivity contribution is -0.385. The van der Waals surface area contributed by atoms with Crippen LogP contribution in [0.3, 0.4) is 0 Å². The fourth-order valence-electron chi connectivity index (χ4n) is 3.43. The van der Waals surface area contributed by atoms with Crippen molar-refractivity contribution in [1.29, 1.82) is 5.26 Å². The number of benzene rings is 2. The number of fused-ring (bicyclic) bond motifs is 1. The Hall–Kier alpha value is -4.12. The molecular weight excluding hydrogens is 358 g/mol. The molecule has 0 aliphatic carbocycles. The van der Waals surface area contributed by atoms with Gasteiger partial charge in [0.25, 0.3) is 5.69 Å². The van der Waals surface area contributed by atoms with E-state index in [-0.39, 0.29) is 5.69 Å². The number of H-pyrrole nitrogens is 1. The molecule has 0 radical (unpaired) electrons. The first-order valence-electron chi connectivity index (χ1n) is 8.46. The molecule has 0 amide bonds. The van der Waals surface area contributed by atoms with Crippen LogP contribution in [0.5, 0.6) is 5.75 Å². The summed E-state index contributed by atoms with van der Waals surface area (Å²) in [5.74, 6) is 0.683. The van der Waals surface area contributed by atoms with Gasteiger partial charge in [-0.15, -0.1) is 0 Å². The molecule has 0 fully saturated rings. The van der Waals surface area contributed by atoms with Crippen LogP contribution in [0.4, 0.5) is 11.5 Å². The fourth-order valence-corrected chi connectivity index (χ4v) is 3.43. The Balaban J connectivity index is 1.95. The summed E-state index contributed by atoms with van der Waals surface area (Å²) in [6, 6.07) is 16.0. The van der Waals surface area contributed by atoms with Crippen LogP contribution in [0, 0.1) is 21.4 Å². The summed E-state index contributed by atoms with van der Waals surface area (Å²) in [5, 5.41) is 31.7. The van der Waals surface area contributed by atoms with Crippen molar-refractivity contribution in [2.75, 3.05) is 12.4 Å². The molecule has 2 N–H and O–H groups in total. The summed E-state index contributed by atoms with van der Waals surface area (Å²) in [6.45, 7) is 0. The fraction of sp³-hybridized carbons (Fsp3) is 0.100. The minimum Gasteiger partial charge on any atom is -0.497 e. The Bertz CT molecular complexity index is 1130. The van der Waals surface area contributed by atoms with E-state index in [0.717, 1.165) is 5.56 Å². The molecule has 28 heavy (non-hydrogen) atoms. The maximum absolute atomic E-state index is 11.6. The minimum atomic E-state index is -0.612. The van der Waals surface area contributed by atoms with E-state index in [0.29, 0.717) is 34.0 Å². The van der Waals surface area contributed by atoms with Crippen LogP contribution in [0.25, 0.3) is 5.70 Å². The summed E-state index contributed by atoms with van der Waals surface area (Å²) >= 11 is 0. The van der Waals surface area contributed by atoms with Crippen molar-refractivity contribution in [3.63, 3.8) is 0 Å². The van der Waals surface area contributed by atoms with Crippen LogP contribution >= 0.6 is 0 Å². The summed E-state index contributed by atoms with van der Waals surface area (Å²) in [6.07, 6.45) is 1.59. The van der Waals surface area contributed by atoms with Crippen LogP contribution < -0.4 is 10.1 Å². The second-order valence-electron chi connectivity index (χ2n) is 6.20. The zero-order valence-corrected chi connectivity index (χ0v) is 14.8. The topological polar surface area (TPSA) is 117 Å². The van der Waals surface area contributed by atoms with Crippen molar-refractivity contribution < 1.29 is 9.66 Å². The first-order chi connectivity index (χ1) is 13.6. The molecule has 3 aromatic rings. The quantitative estimate of drug-likeness (QED) is 0.530. The molecule has 8 heteroatoms. The van der Waals surface area contributed by atoms with E-state index in [9.17, 15) is 15.4 Å². The van der Waals surface area contributed by atoms with Gasteiger partial charge in [-0.05, 0) is 29.8 Å². The maximum atomic E-state index is 11.6. The van der Waals surface area contributed by atoms with Gasteiger partial charge in [0.1, 0.15) is 11.6 Å². The van der Waals surface area contributed by atoms with Gasteiger partial charge in [0.2, 0.25) is 0 Å². The number of nitro groups is 1. The zero-order chi connectivity index (χ0) is 19.7. The standard InChI is InChI=1S/C20H15N5O3/c1-28-13-8-6-12(7-9-13)19-15(10-21)18(16-11-22-24-20(16)23-19)14-4-2-3-5-17(14)25(26)27/h2-9,11,18H,1H3,(H2,22,23,24). The molecule has 0 saturated carbocycles. The van der Waals surface area contributed by atoms with Crippen molar-refractivity contribution in [1.82, 2.24) is 10.2 Å². The highest BCUT2D eigenvalue weighted by atomic mass is 16.6. The number of nitriles is 1. The first kappa shape index (κ1) is 17.3. The van der Waals surface area contributed by atoms with Gasteiger partial charge in [-0.25, -0.2) is 0 Å². The number of aromatic amines is 1. The second-order valence-corrected chi connectivity index (χ2v) is 6.20. The Morgan fingerprint density at radius 1 is 1.18 bits per heavy atom. The van der Waals surface area contributed by atoms with Crippen molar-refractivity contribution >= 4 is 17.2 Å². The number of aromatic nitrogens is 2. The van der Waals surface area contributed by atoms with Crippen LogP contribution in [-0.4, -0.2) is 22.2 Å². The number of nitrogens with one attached hydrogen (secondary N) is 2. The third-order valence-corrected chi connectivity index (χ3v) is 4.73. The molecule has 0 spiro atoms. The van der Waals surface area contributed by atoms with E-state index >= 15 is 0 Å². The number of rotatable bonds is 4. The Morgan fingerprint density at radius 3 is 2.61 bits per heavy atom. The van der Waals surface area contributed by atoms with Gasteiger partial charge < -0.3 is 10.1 Å². The molecule has 4 rings (SSSR count). The van der Waals surface area contributed by atoms with Crippen molar-refractivity contribution in [3.05, 3.63) is 87.1 Å². The molecule has 0 bridgehead atoms. The van der Waals surface area contributed by atoms with Gasteiger partial charge in [0.15, 0.2) is 0 Å². The maximum Gasteiger partial charge on any atom is 0.273 e. The molecule has 1 unspecified atom stereocenters. The van der Waals surface area contributed by atoms with Gasteiger partial charge in [0, 0.05) is 17.2 Å². The number of hydrogen-bond donors (Lipinski definition) is 2. The number of allylic oxidation sites excluding steroid dienone is 1. The number of methoxy groups -OCH3 is 1. The van der Waals surface area contributed by atoms with E-state index < -0.39 is 10.8 Å². The van der Waals surface area contributed by atoms with Crippen LogP contribution in [-0.2, 0) is 0 Å². The molecule has 1 aromatic heterocycles. The lowest BCUT2D eigenvalue weighted by atomic mass is 9.81. The van der Waals surface area contributed by atoms with Crippen LogP contribution in [0.15, 0.2) is 60.3 Å². The van der Waals surface area contributed by atoms with Crippen molar-refractivity contribution in [2.24, 2.45) is 0 Å². The summed E-state index contributed by atoms with van der Waals surface area (Å²) in [7, 11) is 1.58. The third-order valence-electron chi connectivity index (χ3n) is 4.73. The molecular formula is C20H15N5O3. The van der Waals surface area contributed by atoms with Gasteiger partial charge in [0.05, 0.1) is 41.5 Å². The van der Waals surface area contributed by atoms with Gasteiger partial charge in [-0.3, -0.25) is 15.2 Å². The van der Waals surface area contributed by atoms with Crippen molar-refractivity contribution in [2.45, 2.75) is 5.92 Å². The number of anilines is 1. The molecule has 1 aliphatic rings. The zero-order valence-electron chi connectivity index (χ0n) is 14.8. The van der Waals surface area contributed by atoms with Gasteiger partial charge in [-0.1, -0.05) is 18.2 Å². The van der Waals surface area contributed by atoms with Crippen molar-refractivity contribution in [3.8, 4) is 11.8 Å². The Labute approximate surface area is 160 Å².